The summed E-state index contributed by atoms with van der Waals surface area (Å²) in [6.45, 7) is 0. The highest BCUT2D eigenvalue weighted by Gasteiger charge is 2.20. The summed E-state index contributed by atoms with van der Waals surface area (Å²) in [5, 5.41) is 2.49. The van der Waals surface area contributed by atoms with Gasteiger partial charge in [0.05, 0.1) is 0 Å². The highest BCUT2D eigenvalue weighted by Crippen LogP contribution is 2.38. The standard InChI is InChI=1S/C19H15N/c20-15-9-11-17-14(12-15)5-3-7-18(17)19-10-8-13-4-1-2-6-16(13)19/h1-12,19H,20H2. The topological polar surface area (TPSA) is 26.0 Å². The van der Waals surface area contributed by atoms with Crippen LogP contribution in [-0.4, -0.2) is 0 Å². The van der Waals surface area contributed by atoms with Gasteiger partial charge in [-0.1, -0.05) is 60.7 Å². The SMILES string of the molecule is Nc1ccc2c(C3C=Cc4ccccc43)cccc2c1. The molecule has 1 atom stereocenters. The number of nitrogens with two attached hydrogens (primary N) is 1. The summed E-state index contributed by atoms with van der Waals surface area (Å²) < 4.78 is 0. The molecule has 0 fully saturated rings. The van der Waals surface area contributed by atoms with Crippen LogP contribution < -0.4 is 5.73 Å². The van der Waals surface area contributed by atoms with Crippen LogP contribution in [0.15, 0.2) is 66.7 Å². The van der Waals surface area contributed by atoms with Crippen LogP contribution in [0.2, 0.25) is 0 Å². The Morgan fingerprint density at radius 1 is 0.800 bits per heavy atom. The lowest BCUT2D eigenvalue weighted by atomic mass is 9.89. The minimum absolute atomic E-state index is 0.346. The van der Waals surface area contributed by atoms with Crippen LogP contribution in [0.4, 0.5) is 5.69 Å². The summed E-state index contributed by atoms with van der Waals surface area (Å²) in [6, 6.07) is 21.2. The number of nitrogen functional groups attached to an aromatic ring is 1. The van der Waals surface area contributed by atoms with Gasteiger partial charge in [0.25, 0.3) is 0 Å². The van der Waals surface area contributed by atoms with Gasteiger partial charge in [0.15, 0.2) is 0 Å². The number of allylic oxidation sites excluding steroid dienone is 1. The Morgan fingerprint density at radius 2 is 1.65 bits per heavy atom. The third kappa shape index (κ3) is 1.64. The van der Waals surface area contributed by atoms with Crippen molar-refractivity contribution in [2.45, 2.75) is 5.92 Å². The van der Waals surface area contributed by atoms with Gasteiger partial charge in [-0.25, -0.2) is 0 Å². The molecule has 0 spiro atoms. The average Bonchev–Trinajstić information content (AvgIpc) is 2.90. The Balaban J connectivity index is 1.94. The van der Waals surface area contributed by atoms with E-state index in [2.05, 4.69) is 60.7 Å². The number of benzene rings is 3. The molecule has 0 saturated carbocycles. The van der Waals surface area contributed by atoms with Gasteiger partial charge < -0.3 is 5.73 Å². The normalized spacial score (nSPS) is 16.5. The van der Waals surface area contributed by atoms with Gasteiger partial charge in [0, 0.05) is 11.6 Å². The molecule has 4 rings (SSSR count). The van der Waals surface area contributed by atoms with Crippen molar-refractivity contribution in [2.75, 3.05) is 5.73 Å². The molecule has 1 aliphatic rings. The zero-order valence-electron chi connectivity index (χ0n) is 11.1. The molecule has 20 heavy (non-hydrogen) atoms. The molecular weight excluding hydrogens is 242 g/mol. The lowest BCUT2D eigenvalue weighted by Crippen LogP contribution is -1.97. The van der Waals surface area contributed by atoms with Crippen molar-refractivity contribution in [3.8, 4) is 0 Å². The lowest BCUT2D eigenvalue weighted by Gasteiger charge is -2.14. The molecule has 0 amide bonds. The van der Waals surface area contributed by atoms with E-state index in [1.54, 1.807) is 0 Å². The van der Waals surface area contributed by atoms with Crippen LogP contribution in [0.3, 0.4) is 0 Å². The summed E-state index contributed by atoms with van der Waals surface area (Å²) in [5.74, 6) is 0.346. The number of hydrogen-bond donors (Lipinski definition) is 1. The van der Waals surface area contributed by atoms with Crippen LogP contribution in [0.25, 0.3) is 16.8 Å². The van der Waals surface area contributed by atoms with Gasteiger partial charge in [-0.05, 0) is 39.6 Å². The van der Waals surface area contributed by atoms with Crippen molar-refractivity contribution in [3.63, 3.8) is 0 Å². The van der Waals surface area contributed by atoms with Crippen molar-refractivity contribution in [2.24, 2.45) is 0 Å². The maximum absolute atomic E-state index is 5.89. The van der Waals surface area contributed by atoms with E-state index < -0.39 is 0 Å². The largest absolute Gasteiger partial charge is 0.399 e. The van der Waals surface area contributed by atoms with E-state index in [0.29, 0.717) is 5.92 Å². The summed E-state index contributed by atoms with van der Waals surface area (Å²) in [4.78, 5) is 0. The van der Waals surface area contributed by atoms with Crippen LogP contribution in [-0.2, 0) is 0 Å². The molecule has 0 saturated heterocycles. The van der Waals surface area contributed by atoms with E-state index in [-0.39, 0.29) is 0 Å². The zero-order chi connectivity index (χ0) is 13.5. The number of anilines is 1. The number of fused-ring (bicyclic) bond motifs is 2. The first-order valence-electron chi connectivity index (χ1n) is 6.88. The summed E-state index contributed by atoms with van der Waals surface area (Å²) in [6.07, 6.45) is 4.51. The van der Waals surface area contributed by atoms with Gasteiger partial charge in [0.1, 0.15) is 0 Å². The lowest BCUT2D eigenvalue weighted by molar-refractivity contribution is 1.07. The van der Waals surface area contributed by atoms with Gasteiger partial charge >= 0.3 is 0 Å². The van der Waals surface area contributed by atoms with Crippen molar-refractivity contribution in [1.29, 1.82) is 0 Å². The molecule has 0 aliphatic heterocycles. The Kier molecular flexibility index (Phi) is 2.40. The van der Waals surface area contributed by atoms with Crippen LogP contribution >= 0.6 is 0 Å². The van der Waals surface area contributed by atoms with E-state index in [4.69, 9.17) is 5.73 Å². The maximum Gasteiger partial charge on any atom is 0.0320 e. The predicted octanol–water partition coefficient (Wildman–Crippen LogP) is 4.58. The minimum atomic E-state index is 0.346. The first-order chi connectivity index (χ1) is 9.83. The third-order valence-electron chi connectivity index (χ3n) is 4.07. The molecule has 3 aromatic carbocycles. The first kappa shape index (κ1) is 11.3. The molecule has 0 aromatic heterocycles. The zero-order valence-corrected chi connectivity index (χ0v) is 11.1. The van der Waals surface area contributed by atoms with E-state index in [9.17, 15) is 0 Å². The summed E-state index contributed by atoms with van der Waals surface area (Å²) >= 11 is 0. The average molecular weight is 257 g/mol. The quantitative estimate of drug-likeness (QED) is 0.634. The second-order valence-electron chi connectivity index (χ2n) is 5.29. The predicted molar refractivity (Wildman–Crippen MR) is 85.7 cm³/mol. The smallest absolute Gasteiger partial charge is 0.0320 e. The van der Waals surface area contributed by atoms with Crippen molar-refractivity contribution in [1.82, 2.24) is 0 Å². The van der Waals surface area contributed by atoms with Crippen molar-refractivity contribution < 1.29 is 0 Å². The molecule has 0 radical (unpaired) electrons. The fourth-order valence-corrected chi connectivity index (χ4v) is 3.12. The van der Waals surface area contributed by atoms with Gasteiger partial charge in [-0.2, -0.15) is 0 Å². The summed E-state index contributed by atoms with van der Waals surface area (Å²) in [7, 11) is 0. The van der Waals surface area contributed by atoms with E-state index in [1.165, 1.54) is 27.5 Å². The molecule has 1 heteroatoms. The van der Waals surface area contributed by atoms with Crippen LogP contribution in [0, 0.1) is 0 Å². The Bertz CT molecular complexity index is 830. The van der Waals surface area contributed by atoms with E-state index in [0.717, 1.165) is 5.69 Å². The highest BCUT2D eigenvalue weighted by atomic mass is 14.5. The molecular formula is C19H15N. The molecule has 0 bridgehead atoms. The number of rotatable bonds is 1. The fourth-order valence-electron chi connectivity index (χ4n) is 3.12. The van der Waals surface area contributed by atoms with Crippen LogP contribution in [0.1, 0.15) is 22.6 Å². The second-order valence-corrected chi connectivity index (χ2v) is 5.29. The molecule has 1 nitrogen and oxygen atoms in total. The molecule has 3 aromatic rings. The fraction of sp³-hybridized carbons (Fsp3) is 0.0526. The maximum atomic E-state index is 5.89. The highest BCUT2D eigenvalue weighted by molar-refractivity contribution is 5.90. The molecule has 96 valence electrons. The first-order valence-corrected chi connectivity index (χ1v) is 6.88. The Morgan fingerprint density at radius 3 is 2.60 bits per heavy atom. The van der Waals surface area contributed by atoms with Gasteiger partial charge in [0.2, 0.25) is 0 Å². The summed E-state index contributed by atoms with van der Waals surface area (Å²) in [5.41, 5.74) is 10.8. The Hall–Kier alpha value is -2.54. The van der Waals surface area contributed by atoms with Crippen molar-refractivity contribution >= 4 is 22.5 Å². The molecule has 1 unspecified atom stereocenters. The van der Waals surface area contributed by atoms with Gasteiger partial charge in [-0.15, -0.1) is 0 Å². The van der Waals surface area contributed by atoms with E-state index >= 15 is 0 Å². The minimum Gasteiger partial charge on any atom is -0.399 e. The molecule has 2 N–H and O–H groups in total. The van der Waals surface area contributed by atoms with Crippen molar-refractivity contribution in [3.05, 3.63) is 83.4 Å². The Labute approximate surface area is 118 Å². The monoisotopic (exact) mass is 257 g/mol. The second kappa shape index (κ2) is 4.24. The number of hydrogen-bond acceptors (Lipinski definition) is 1. The molecule has 0 heterocycles. The molecule has 1 aliphatic carbocycles. The van der Waals surface area contributed by atoms with Gasteiger partial charge in [-0.3, -0.25) is 0 Å². The third-order valence-corrected chi connectivity index (χ3v) is 4.07. The van der Waals surface area contributed by atoms with Crippen LogP contribution in [0.5, 0.6) is 0 Å². The van der Waals surface area contributed by atoms with E-state index in [1.807, 2.05) is 12.1 Å².